The fourth-order valence-corrected chi connectivity index (χ4v) is 0.156. The minimum atomic E-state index is -1.79. The number of hydrogen-bond donors (Lipinski definition) is 1. The molecular weight excluding hydrogens is 121 g/mol. The number of halogens is 2. The molecule has 0 aliphatic heterocycles. The van der Waals surface area contributed by atoms with Crippen LogP contribution in [0.4, 0.5) is 8.78 Å². The maximum absolute atomic E-state index is 11.0. The largest absolute Gasteiger partial charge is 0.640 e. The first-order valence-electron chi connectivity index (χ1n) is 1.84. The molecule has 0 atom stereocenters. The van der Waals surface area contributed by atoms with Crippen molar-refractivity contribution in [1.82, 2.24) is 0 Å². The monoisotopic (exact) mass is 126 g/mol. The van der Waals surface area contributed by atoms with Crippen LogP contribution in [0.1, 0.15) is 0 Å². The van der Waals surface area contributed by atoms with Gasteiger partial charge >= 0.3 is 7.32 Å². The number of rotatable bonds is 4. The van der Waals surface area contributed by atoms with Crippen LogP contribution in [0.3, 0.4) is 0 Å². The van der Waals surface area contributed by atoms with Crippen molar-refractivity contribution in [1.29, 1.82) is 0 Å². The summed E-state index contributed by atoms with van der Waals surface area (Å²) in [6.45, 7) is -2.39. The lowest BCUT2D eigenvalue weighted by atomic mass is 10.2. The lowest BCUT2D eigenvalue weighted by Gasteiger charge is -1.98. The zero-order chi connectivity index (χ0) is 6.41. The zero-order valence-electron chi connectivity index (χ0n) is 4.01. The minimum Gasteiger partial charge on any atom is -0.401 e. The fraction of sp³-hybridized carbons (Fsp3) is 1.00. The molecule has 8 heavy (non-hydrogen) atoms. The third kappa shape index (κ3) is 3.98. The van der Waals surface area contributed by atoms with Crippen molar-refractivity contribution in [2.24, 2.45) is 0 Å². The molecule has 0 bridgehead atoms. The highest BCUT2D eigenvalue weighted by molar-refractivity contribution is 6.34. The van der Waals surface area contributed by atoms with Gasteiger partial charge in [-0.3, -0.25) is 0 Å². The highest BCUT2D eigenvalue weighted by Gasteiger charge is 2.13. The molecule has 0 amide bonds. The van der Waals surface area contributed by atoms with E-state index < -0.39 is 21.0 Å². The van der Waals surface area contributed by atoms with E-state index in [1.807, 2.05) is 0 Å². The zero-order valence-corrected chi connectivity index (χ0v) is 4.01. The van der Waals surface area contributed by atoms with Gasteiger partial charge in [-0.15, -0.1) is 0 Å². The van der Waals surface area contributed by atoms with Crippen molar-refractivity contribution in [3.63, 3.8) is 0 Å². The van der Waals surface area contributed by atoms with E-state index in [4.69, 9.17) is 5.02 Å². The minimum absolute atomic E-state index is 1.19. The summed E-state index contributed by atoms with van der Waals surface area (Å²) >= 11 is 0. The van der Waals surface area contributed by atoms with Gasteiger partial charge in [-0.25, -0.2) is 8.78 Å². The van der Waals surface area contributed by atoms with Crippen LogP contribution in [0.25, 0.3) is 0 Å². The Morgan fingerprint density at radius 1 is 1.25 bits per heavy atom. The Hall–Kier alpha value is -0.195. The normalized spacial score (nSPS) is 9.38. The second-order valence-corrected chi connectivity index (χ2v) is 0.859. The molecule has 0 saturated heterocycles. The maximum Gasteiger partial charge on any atom is 0.640 e. The third-order valence-corrected chi connectivity index (χ3v) is 0.411. The first-order chi connectivity index (χ1) is 3.81. The molecule has 6 heteroatoms. The van der Waals surface area contributed by atoms with Gasteiger partial charge < -0.3 is 14.3 Å². The van der Waals surface area contributed by atoms with E-state index in [9.17, 15) is 8.78 Å². The van der Waals surface area contributed by atoms with Crippen LogP contribution in [-0.2, 0) is 9.31 Å². The molecule has 0 unspecified atom stereocenters. The van der Waals surface area contributed by atoms with Crippen molar-refractivity contribution in [3.8, 4) is 0 Å². The van der Waals surface area contributed by atoms with Gasteiger partial charge in [0.1, 0.15) is 0 Å². The lowest BCUT2D eigenvalue weighted by molar-refractivity contribution is 0.0584. The predicted molar refractivity (Wildman–Crippen MR) is 22.1 cm³/mol. The third-order valence-electron chi connectivity index (χ3n) is 0.411. The van der Waals surface area contributed by atoms with Crippen molar-refractivity contribution < 1.29 is 23.1 Å². The molecule has 0 aromatic rings. The van der Waals surface area contributed by atoms with E-state index in [1.165, 1.54) is 0 Å². The molecule has 0 aromatic carbocycles. The maximum atomic E-state index is 11.0. The Bertz CT molecular complexity index is 48.5. The number of hydrogen-bond acceptors (Lipinski definition) is 3. The van der Waals surface area contributed by atoms with E-state index in [-0.39, 0.29) is 0 Å². The van der Waals surface area contributed by atoms with Crippen molar-refractivity contribution >= 4 is 7.32 Å². The molecule has 3 nitrogen and oxygen atoms in total. The molecule has 1 N–H and O–H groups in total. The quantitative estimate of drug-likeness (QED) is 0.532. The molecule has 0 spiro atoms. The van der Waals surface area contributed by atoms with Crippen LogP contribution in [0, 0.1) is 0 Å². The molecule has 0 heterocycles. The van der Waals surface area contributed by atoms with Crippen LogP contribution >= 0.6 is 0 Å². The lowest BCUT2D eigenvalue weighted by Crippen LogP contribution is -2.21. The summed E-state index contributed by atoms with van der Waals surface area (Å²) in [5, 5.41) is 8.12. The summed E-state index contributed by atoms with van der Waals surface area (Å²) in [4.78, 5) is 0. The van der Waals surface area contributed by atoms with E-state index in [0.29, 0.717) is 0 Å². The van der Waals surface area contributed by atoms with Crippen molar-refractivity contribution in [2.75, 3.05) is 13.7 Å². The van der Waals surface area contributed by atoms with Gasteiger partial charge in [0, 0.05) is 0 Å². The Morgan fingerprint density at radius 2 is 1.62 bits per heavy atom. The highest BCUT2D eigenvalue weighted by Crippen LogP contribution is 1.84. The summed E-state index contributed by atoms with van der Waals surface area (Å²) in [5.74, 6) is 0. The molecule has 0 radical (unpaired) electrons. The van der Waals surface area contributed by atoms with E-state index >= 15 is 0 Å². The van der Waals surface area contributed by atoms with Crippen molar-refractivity contribution in [3.05, 3.63) is 0 Å². The Balaban J connectivity index is 2.92. The average molecular weight is 126 g/mol. The summed E-state index contributed by atoms with van der Waals surface area (Å²) < 4.78 is 29.4. The molecule has 0 aliphatic carbocycles. The summed E-state index contributed by atoms with van der Waals surface area (Å²) in [7, 11) is -1.79. The SMILES string of the molecule is OB(OCF)OCF. The van der Waals surface area contributed by atoms with Gasteiger partial charge in [-0.2, -0.15) is 0 Å². The Labute approximate surface area is 45.4 Å². The first kappa shape index (κ1) is 7.80. The van der Waals surface area contributed by atoms with E-state index in [2.05, 4.69) is 9.31 Å². The molecule has 0 aromatic heterocycles. The summed E-state index contributed by atoms with van der Waals surface area (Å²) in [5.41, 5.74) is 0. The highest BCUT2D eigenvalue weighted by atomic mass is 19.1. The van der Waals surface area contributed by atoms with Gasteiger partial charge in [0.05, 0.1) is 0 Å². The smallest absolute Gasteiger partial charge is 0.401 e. The average Bonchev–Trinajstić information content (AvgIpc) is 1.68. The number of alkyl halides is 2. The Morgan fingerprint density at radius 3 is 1.88 bits per heavy atom. The van der Waals surface area contributed by atoms with Crippen LogP contribution in [0.5, 0.6) is 0 Å². The fourth-order valence-electron chi connectivity index (χ4n) is 0.156. The Kier molecular flexibility index (Phi) is 4.83. The molecular formula is C2H5BF2O3. The molecule has 0 saturated carbocycles. The van der Waals surface area contributed by atoms with Gasteiger partial charge in [0.2, 0.25) is 0 Å². The standard InChI is InChI=1S/C2H5BF2O3/c4-1-7-3(6)8-2-5/h6H,1-2H2. The second kappa shape index (κ2) is 4.95. The summed E-state index contributed by atoms with van der Waals surface area (Å²) in [6, 6.07) is 0. The van der Waals surface area contributed by atoms with Gasteiger partial charge in [-0.05, 0) is 0 Å². The van der Waals surface area contributed by atoms with Gasteiger partial charge in [-0.1, -0.05) is 0 Å². The predicted octanol–water partition coefficient (Wildman–Crippen LogP) is -0.149. The van der Waals surface area contributed by atoms with Crippen molar-refractivity contribution in [2.45, 2.75) is 0 Å². The van der Waals surface area contributed by atoms with Gasteiger partial charge in [0.25, 0.3) is 0 Å². The molecule has 0 fully saturated rings. The molecule has 48 valence electrons. The molecule has 0 aliphatic rings. The van der Waals surface area contributed by atoms with E-state index in [0.717, 1.165) is 0 Å². The summed E-state index contributed by atoms with van der Waals surface area (Å²) in [6.07, 6.45) is 0. The van der Waals surface area contributed by atoms with Crippen LogP contribution in [0.15, 0.2) is 0 Å². The topological polar surface area (TPSA) is 38.7 Å². The van der Waals surface area contributed by atoms with Gasteiger partial charge in [0.15, 0.2) is 13.7 Å². The van der Waals surface area contributed by atoms with E-state index in [1.54, 1.807) is 0 Å². The van der Waals surface area contributed by atoms with Crippen LogP contribution in [0.2, 0.25) is 0 Å². The van der Waals surface area contributed by atoms with Crippen LogP contribution < -0.4 is 0 Å². The van der Waals surface area contributed by atoms with Crippen LogP contribution in [-0.4, -0.2) is 26.1 Å². The second-order valence-electron chi connectivity index (χ2n) is 0.859. The molecule has 0 rings (SSSR count). The first-order valence-corrected chi connectivity index (χ1v) is 1.84.